The van der Waals surface area contributed by atoms with E-state index in [9.17, 15) is 0 Å². The zero-order valence-electron chi connectivity index (χ0n) is 9.14. The molecule has 3 rings (SSSR count). The molecular formula is C10H10N6O. The first kappa shape index (κ1) is 9.76. The highest BCUT2D eigenvalue weighted by Gasteiger charge is 2.06. The van der Waals surface area contributed by atoms with Crippen LogP contribution >= 0.6 is 0 Å². The average molecular weight is 230 g/mol. The summed E-state index contributed by atoms with van der Waals surface area (Å²) in [4.78, 5) is 8.29. The molecule has 7 nitrogen and oxygen atoms in total. The number of hydrogen-bond donors (Lipinski definition) is 2. The molecule has 0 aromatic carbocycles. The zero-order valence-corrected chi connectivity index (χ0v) is 9.14. The van der Waals surface area contributed by atoms with Gasteiger partial charge in [0.05, 0.1) is 18.4 Å². The van der Waals surface area contributed by atoms with Crippen molar-refractivity contribution in [2.24, 2.45) is 0 Å². The number of aromatic nitrogens is 5. The van der Waals surface area contributed by atoms with E-state index in [0.717, 1.165) is 16.7 Å². The molecule has 0 saturated carbocycles. The Kier molecular flexibility index (Phi) is 2.21. The smallest absolute Gasteiger partial charge is 0.245 e. The predicted octanol–water partition coefficient (Wildman–Crippen LogP) is 1.26. The molecular weight excluding hydrogens is 220 g/mol. The van der Waals surface area contributed by atoms with Crippen LogP contribution in [0.2, 0.25) is 0 Å². The number of nitrogens with zero attached hydrogens (tertiary/aromatic N) is 4. The van der Waals surface area contributed by atoms with Crippen molar-refractivity contribution >= 4 is 16.7 Å². The summed E-state index contributed by atoms with van der Waals surface area (Å²) in [7, 11) is 0. The second-order valence-electron chi connectivity index (χ2n) is 3.58. The van der Waals surface area contributed by atoms with Crippen molar-refractivity contribution in [2.45, 2.75) is 13.5 Å². The van der Waals surface area contributed by atoms with Crippen LogP contribution in [-0.4, -0.2) is 25.3 Å². The van der Waals surface area contributed by atoms with Crippen molar-refractivity contribution in [3.8, 4) is 0 Å². The van der Waals surface area contributed by atoms with Gasteiger partial charge in [-0.2, -0.15) is 10.1 Å². The molecule has 0 bridgehead atoms. The Labute approximate surface area is 96.3 Å². The van der Waals surface area contributed by atoms with Crippen LogP contribution in [0, 0.1) is 6.92 Å². The van der Waals surface area contributed by atoms with Gasteiger partial charge in [0.1, 0.15) is 11.0 Å². The Balaban J connectivity index is 1.83. The molecule has 0 saturated heterocycles. The summed E-state index contributed by atoms with van der Waals surface area (Å²) in [6.45, 7) is 2.26. The maximum absolute atomic E-state index is 5.01. The predicted molar refractivity (Wildman–Crippen MR) is 60.3 cm³/mol. The lowest BCUT2D eigenvalue weighted by atomic mass is 10.3. The molecule has 0 atom stereocenters. The van der Waals surface area contributed by atoms with E-state index in [1.54, 1.807) is 19.3 Å². The number of anilines is 1. The number of pyridine rings is 1. The first-order chi connectivity index (χ1) is 8.33. The second-order valence-corrected chi connectivity index (χ2v) is 3.58. The lowest BCUT2D eigenvalue weighted by Crippen LogP contribution is -2.00. The van der Waals surface area contributed by atoms with E-state index in [0.29, 0.717) is 18.3 Å². The van der Waals surface area contributed by atoms with Crippen LogP contribution in [0.5, 0.6) is 0 Å². The molecule has 0 radical (unpaired) electrons. The third-order valence-corrected chi connectivity index (χ3v) is 2.34. The van der Waals surface area contributed by atoms with Gasteiger partial charge in [-0.05, 0) is 13.0 Å². The molecule has 3 aromatic rings. The van der Waals surface area contributed by atoms with Crippen molar-refractivity contribution in [3.63, 3.8) is 0 Å². The van der Waals surface area contributed by atoms with Crippen molar-refractivity contribution in [1.82, 2.24) is 25.3 Å². The highest BCUT2D eigenvalue weighted by Crippen LogP contribution is 2.18. The van der Waals surface area contributed by atoms with Crippen LogP contribution < -0.4 is 5.32 Å². The van der Waals surface area contributed by atoms with E-state index >= 15 is 0 Å². The number of H-pyrrole nitrogens is 1. The van der Waals surface area contributed by atoms with Gasteiger partial charge in [-0.15, -0.1) is 0 Å². The number of aromatic amines is 1. The topological polar surface area (TPSA) is 92.5 Å². The monoisotopic (exact) mass is 230 g/mol. The van der Waals surface area contributed by atoms with E-state index in [4.69, 9.17) is 4.52 Å². The summed E-state index contributed by atoms with van der Waals surface area (Å²) in [5, 5.41) is 13.7. The summed E-state index contributed by atoms with van der Waals surface area (Å²) in [5.74, 6) is 1.18. The lowest BCUT2D eigenvalue weighted by Gasteiger charge is -2.03. The molecule has 0 aliphatic heterocycles. The Morgan fingerprint density at radius 3 is 3.24 bits per heavy atom. The fraction of sp³-hybridized carbons (Fsp3) is 0.200. The number of hydrogen-bond acceptors (Lipinski definition) is 6. The minimum Gasteiger partial charge on any atom is -0.374 e. The Morgan fingerprint density at radius 1 is 1.47 bits per heavy atom. The maximum Gasteiger partial charge on any atom is 0.245 e. The standard InChI is InChI=1S/C10H10N6O/c1-6-14-9(17-16-6)5-12-7-2-3-11-8-4-13-15-10(7)8/h2-4H,5H2,1H3,(H,11,12)(H,13,15). The largest absolute Gasteiger partial charge is 0.374 e. The van der Waals surface area contributed by atoms with Crippen molar-refractivity contribution < 1.29 is 4.52 Å². The number of aryl methyl sites for hydroxylation is 1. The summed E-state index contributed by atoms with van der Waals surface area (Å²) in [6.07, 6.45) is 3.40. The van der Waals surface area contributed by atoms with Gasteiger partial charge in [0.25, 0.3) is 0 Å². The van der Waals surface area contributed by atoms with Gasteiger partial charge in [0.2, 0.25) is 5.89 Å². The van der Waals surface area contributed by atoms with Crippen LogP contribution in [0.25, 0.3) is 11.0 Å². The highest BCUT2D eigenvalue weighted by atomic mass is 16.5. The Hall–Kier alpha value is -2.44. The molecule has 0 unspecified atom stereocenters. The molecule has 7 heteroatoms. The van der Waals surface area contributed by atoms with Gasteiger partial charge < -0.3 is 9.84 Å². The van der Waals surface area contributed by atoms with E-state index < -0.39 is 0 Å². The van der Waals surface area contributed by atoms with Crippen molar-refractivity contribution in [1.29, 1.82) is 0 Å². The molecule has 0 fully saturated rings. The first-order valence-corrected chi connectivity index (χ1v) is 5.14. The van der Waals surface area contributed by atoms with E-state index in [1.807, 2.05) is 6.07 Å². The van der Waals surface area contributed by atoms with E-state index in [1.165, 1.54) is 0 Å². The minimum atomic E-state index is 0.471. The van der Waals surface area contributed by atoms with Crippen LogP contribution in [-0.2, 0) is 6.54 Å². The van der Waals surface area contributed by atoms with Crippen LogP contribution in [0.15, 0.2) is 23.0 Å². The summed E-state index contributed by atoms with van der Waals surface area (Å²) in [5.41, 5.74) is 2.59. The second kappa shape index (κ2) is 3.85. The van der Waals surface area contributed by atoms with Gasteiger partial charge in [0.15, 0.2) is 5.82 Å². The molecule has 86 valence electrons. The van der Waals surface area contributed by atoms with Crippen LogP contribution in [0.4, 0.5) is 5.69 Å². The lowest BCUT2D eigenvalue weighted by molar-refractivity contribution is 0.379. The van der Waals surface area contributed by atoms with E-state index in [2.05, 4.69) is 30.6 Å². The number of fused-ring (bicyclic) bond motifs is 1. The molecule has 17 heavy (non-hydrogen) atoms. The Bertz CT molecular complexity index is 643. The minimum absolute atomic E-state index is 0.471. The summed E-state index contributed by atoms with van der Waals surface area (Å²) < 4.78 is 5.01. The van der Waals surface area contributed by atoms with Gasteiger partial charge in [0, 0.05) is 6.20 Å². The number of rotatable bonds is 3. The molecule has 2 N–H and O–H groups in total. The fourth-order valence-corrected chi connectivity index (χ4v) is 1.58. The quantitative estimate of drug-likeness (QED) is 0.703. The van der Waals surface area contributed by atoms with Crippen LogP contribution in [0.3, 0.4) is 0 Å². The van der Waals surface area contributed by atoms with Gasteiger partial charge in [-0.1, -0.05) is 5.16 Å². The van der Waals surface area contributed by atoms with E-state index in [-0.39, 0.29) is 0 Å². The maximum atomic E-state index is 5.01. The third kappa shape index (κ3) is 1.82. The normalized spacial score (nSPS) is 10.9. The molecule has 0 amide bonds. The highest BCUT2D eigenvalue weighted by molar-refractivity contribution is 5.86. The SMILES string of the molecule is Cc1noc(CNc2ccnc3cn[nH]c23)n1. The Morgan fingerprint density at radius 2 is 2.41 bits per heavy atom. The molecule has 0 aliphatic rings. The number of nitrogens with one attached hydrogen (secondary N) is 2. The first-order valence-electron chi connectivity index (χ1n) is 5.14. The third-order valence-electron chi connectivity index (χ3n) is 2.34. The molecule has 0 aliphatic carbocycles. The molecule has 3 aromatic heterocycles. The average Bonchev–Trinajstić information content (AvgIpc) is 2.94. The van der Waals surface area contributed by atoms with Crippen molar-refractivity contribution in [2.75, 3.05) is 5.32 Å². The molecule has 3 heterocycles. The van der Waals surface area contributed by atoms with Crippen molar-refractivity contribution in [3.05, 3.63) is 30.2 Å². The van der Waals surface area contributed by atoms with Gasteiger partial charge in [-0.3, -0.25) is 10.1 Å². The zero-order chi connectivity index (χ0) is 11.7. The van der Waals surface area contributed by atoms with Crippen LogP contribution in [0.1, 0.15) is 11.7 Å². The fourth-order valence-electron chi connectivity index (χ4n) is 1.58. The molecule has 0 spiro atoms. The summed E-state index contributed by atoms with van der Waals surface area (Å²) >= 11 is 0. The summed E-state index contributed by atoms with van der Waals surface area (Å²) in [6, 6.07) is 1.86. The van der Waals surface area contributed by atoms with Gasteiger partial charge >= 0.3 is 0 Å². The van der Waals surface area contributed by atoms with Gasteiger partial charge in [-0.25, -0.2) is 0 Å².